The van der Waals surface area contributed by atoms with E-state index in [0.717, 1.165) is 40.9 Å². The van der Waals surface area contributed by atoms with Gasteiger partial charge in [0.15, 0.2) is 0 Å². The average molecular weight is 403 g/mol. The molecule has 152 valence electrons. The monoisotopic (exact) mass is 402 g/mol. The van der Waals surface area contributed by atoms with Gasteiger partial charge in [0, 0.05) is 26.2 Å². The van der Waals surface area contributed by atoms with E-state index in [4.69, 9.17) is 4.74 Å². The Bertz CT molecular complexity index is 900. The molecule has 0 aromatic heterocycles. The van der Waals surface area contributed by atoms with Crippen molar-refractivity contribution in [1.82, 2.24) is 9.62 Å². The maximum atomic E-state index is 13.0. The molecular weight excluding hydrogens is 372 g/mol. The lowest BCUT2D eigenvalue weighted by Crippen LogP contribution is -2.42. The summed E-state index contributed by atoms with van der Waals surface area (Å²) in [5, 5.41) is 0. The highest BCUT2D eigenvalue weighted by atomic mass is 32.2. The number of benzene rings is 2. The van der Waals surface area contributed by atoms with Crippen LogP contribution in [0.25, 0.3) is 0 Å². The molecule has 1 saturated heterocycles. The zero-order valence-electron chi connectivity index (χ0n) is 17.2. The van der Waals surface area contributed by atoms with Crippen LogP contribution in [0.1, 0.15) is 33.9 Å². The normalized spacial score (nSPS) is 18.4. The van der Waals surface area contributed by atoms with E-state index >= 15 is 0 Å². The number of hydrogen-bond donors (Lipinski definition) is 1. The second kappa shape index (κ2) is 8.74. The first-order valence-corrected chi connectivity index (χ1v) is 11.2. The summed E-state index contributed by atoms with van der Waals surface area (Å²) in [5.74, 6) is 0. The molecule has 3 rings (SSSR count). The van der Waals surface area contributed by atoms with Crippen LogP contribution in [0.4, 0.5) is 0 Å². The van der Waals surface area contributed by atoms with Crippen molar-refractivity contribution in [2.24, 2.45) is 0 Å². The molecule has 1 fully saturated rings. The molecule has 6 heteroatoms. The van der Waals surface area contributed by atoms with Crippen molar-refractivity contribution in [3.8, 4) is 0 Å². The van der Waals surface area contributed by atoms with Gasteiger partial charge in [-0.25, -0.2) is 13.1 Å². The van der Waals surface area contributed by atoms with E-state index in [2.05, 4.69) is 21.8 Å². The van der Waals surface area contributed by atoms with Crippen LogP contribution >= 0.6 is 0 Å². The average Bonchev–Trinajstić information content (AvgIpc) is 2.67. The quantitative estimate of drug-likeness (QED) is 0.806. The third-order valence-corrected chi connectivity index (χ3v) is 7.34. The maximum Gasteiger partial charge on any atom is 0.241 e. The molecule has 0 unspecified atom stereocenters. The lowest BCUT2D eigenvalue weighted by Gasteiger charge is -2.33. The van der Waals surface area contributed by atoms with E-state index in [9.17, 15) is 8.42 Å². The Labute approximate surface area is 168 Å². The number of aryl methyl sites for hydroxylation is 2. The van der Waals surface area contributed by atoms with Gasteiger partial charge in [0.05, 0.1) is 17.6 Å². The van der Waals surface area contributed by atoms with Crippen LogP contribution in [0.15, 0.2) is 41.3 Å². The number of nitrogens with zero attached hydrogens (tertiary/aromatic N) is 1. The first-order chi connectivity index (χ1) is 13.3. The lowest BCUT2D eigenvalue weighted by molar-refractivity contribution is -0.0291. The Morgan fingerprint density at radius 2 is 1.71 bits per heavy atom. The molecule has 2 aromatic carbocycles. The zero-order valence-corrected chi connectivity index (χ0v) is 18.0. The SMILES string of the molecule is Cc1cc(C)c(C)c(S(=O)(=O)NCCN2CCO[C@H](c3ccccc3)C2)c1C. The van der Waals surface area contributed by atoms with Crippen LogP contribution in [0, 0.1) is 27.7 Å². The third-order valence-electron chi connectivity index (χ3n) is 5.61. The van der Waals surface area contributed by atoms with E-state index in [1.165, 1.54) is 0 Å². The molecule has 0 bridgehead atoms. The summed E-state index contributed by atoms with van der Waals surface area (Å²) in [5.41, 5.74) is 4.82. The first kappa shape index (κ1) is 21.0. The van der Waals surface area contributed by atoms with Gasteiger partial charge in [-0.05, 0) is 55.5 Å². The van der Waals surface area contributed by atoms with Gasteiger partial charge in [-0.15, -0.1) is 0 Å². The molecule has 1 N–H and O–H groups in total. The molecule has 2 aromatic rings. The highest BCUT2D eigenvalue weighted by Gasteiger charge is 2.24. The van der Waals surface area contributed by atoms with Crippen molar-refractivity contribution in [2.45, 2.75) is 38.7 Å². The van der Waals surface area contributed by atoms with Gasteiger partial charge in [0.2, 0.25) is 10.0 Å². The van der Waals surface area contributed by atoms with Crippen LogP contribution in [0.3, 0.4) is 0 Å². The first-order valence-electron chi connectivity index (χ1n) is 9.75. The van der Waals surface area contributed by atoms with Crippen molar-refractivity contribution in [3.63, 3.8) is 0 Å². The standard InChI is InChI=1S/C22H30N2O3S/c1-16-14-17(2)19(4)22(18(16)3)28(25,26)23-10-11-24-12-13-27-21(15-24)20-8-6-5-7-9-20/h5-9,14,21,23H,10-13,15H2,1-4H3/t21-/m0/s1. The van der Waals surface area contributed by atoms with Gasteiger partial charge in [0.25, 0.3) is 0 Å². The molecule has 0 amide bonds. The molecule has 0 aliphatic carbocycles. The maximum absolute atomic E-state index is 13.0. The highest BCUT2D eigenvalue weighted by Crippen LogP contribution is 2.26. The molecule has 1 atom stereocenters. The number of sulfonamides is 1. The minimum absolute atomic E-state index is 0.0375. The summed E-state index contributed by atoms with van der Waals surface area (Å²) in [4.78, 5) is 2.68. The summed E-state index contributed by atoms with van der Waals surface area (Å²) < 4.78 is 34.6. The van der Waals surface area contributed by atoms with E-state index in [0.29, 0.717) is 24.6 Å². The van der Waals surface area contributed by atoms with Gasteiger partial charge in [0.1, 0.15) is 0 Å². The molecule has 1 aliphatic rings. The van der Waals surface area contributed by atoms with Crippen molar-refractivity contribution >= 4 is 10.0 Å². The van der Waals surface area contributed by atoms with Gasteiger partial charge in [-0.2, -0.15) is 0 Å². The number of rotatable bonds is 6. The fourth-order valence-corrected chi connectivity index (χ4v) is 5.40. The number of nitrogens with one attached hydrogen (secondary N) is 1. The van der Waals surface area contributed by atoms with Gasteiger partial charge in [-0.3, -0.25) is 4.90 Å². The number of morpholine rings is 1. The second-order valence-electron chi connectivity index (χ2n) is 7.56. The number of hydrogen-bond acceptors (Lipinski definition) is 4. The molecule has 5 nitrogen and oxygen atoms in total. The molecule has 28 heavy (non-hydrogen) atoms. The Morgan fingerprint density at radius 1 is 1.07 bits per heavy atom. The van der Waals surface area contributed by atoms with Crippen molar-refractivity contribution in [3.05, 3.63) is 64.2 Å². The van der Waals surface area contributed by atoms with Crippen molar-refractivity contribution in [1.29, 1.82) is 0 Å². The molecule has 1 heterocycles. The largest absolute Gasteiger partial charge is 0.371 e. The molecule has 0 saturated carbocycles. The summed E-state index contributed by atoms with van der Waals surface area (Å²) in [6, 6.07) is 12.2. The van der Waals surface area contributed by atoms with E-state index in [1.54, 1.807) is 0 Å². The molecular formula is C22H30N2O3S. The van der Waals surface area contributed by atoms with E-state index in [1.807, 2.05) is 52.0 Å². The predicted molar refractivity (Wildman–Crippen MR) is 112 cm³/mol. The Kier molecular flexibility index (Phi) is 6.55. The van der Waals surface area contributed by atoms with Gasteiger partial charge < -0.3 is 4.74 Å². The Balaban J connectivity index is 1.63. The zero-order chi connectivity index (χ0) is 20.3. The fourth-order valence-electron chi connectivity index (χ4n) is 3.77. The van der Waals surface area contributed by atoms with Crippen molar-refractivity contribution < 1.29 is 13.2 Å². The van der Waals surface area contributed by atoms with Gasteiger partial charge in [-0.1, -0.05) is 36.4 Å². The highest BCUT2D eigenvalue weighted by molar-refractivity contribution is 7.89. The molecule has 0 radical (unpaired) electrons. The van der Waals surface area contributed by atoms with Crippen LogP contribution in [-0.4, -0.2) is 46.1 Å². The summed E-state index contributed by atoms with van der Waals surface area (Å²) in [6.45, 7) is 11.0. The summed E-state index contributed by atoms with van der Waals surface area (Å²) in [7, 11) is -3.54. The smallest absolute Gasteiger partial charge is 0.241 e. The van der Waals surface area contributed by atoms with E-state index in [-0.39, 0.29) is 6.10 Å². The van der Waals surface area contributed by atoms with Gasteiger partial charge >= 0.3 is 0 Å². The summed E-state index contributed by atoms with van der Waals surface area (Å²) >= 11 is 0. The van der Waals surface area contributed by atoms with E-state index < -0.39 is 10.0 Å². The number of ether oxygens (including phenoxy) is 1. The Morgan fingerprint density at radius 3 is 2.36 bits per heavy atom. The summed E-state index contributed by atoms with van der Waals surface area (Å²) in [6.07, 6.45) is 0.0375. The predicted octanol–water partition coefficient (Wildman–Crippen LogP) is 3.27. The Hall–Kier alpha value is -1.73. The minimum Gasteiger partial charge on any atom is -0.371 e. The van der Waals surface area contributed by atoms with Crippen molar-refractivity contribution in [2.75, 3.05) is 32.8 Å². The fraction of sp³-hybridized carbons (Fsp3) is 0.455. The van der Waals surface area contributed by atoms with Crippen LogP contribution in [0.2, 0.25) is 0 Å². The van der Waals surface area contributed by atoms with Crippen LogP contribution in [0.5, 0.6) is 0 Å². The molecule has 1 aliphatic heterocycles. The van der Waals surface area contributed by atoms with Crippen LogP contribution < -0.4 is 4.72 Å². The third kappa shape index (κ3) is 4.63. The molecule has 0 spiro atoms. The lowest BCUT2D eigenvalue weighted by atomic mass is 10.0. The topological polar surface area (TPSA) is 58.6 Å². The van der Waals surface area contributed by atoms with Crippen LogP contribution in [-0.2, 0) is 14.8 Å². The minimum atomic E-state index is -3.54. The second-order valence-corrected chi connectivity index (χ2v) is 9.26.